The van der Waals surface area contributed by atoms with Crippen LogP contribution in [-0.4, -0.2) is 20.9 Å². The molecule has 0 aliphatic heterocycles. The molecule has 4 heterocycles. The second-order valence-electron chi connectivity index (χ2n) is 7.93. The number of nitrogens with zero attached hydrogens (tertiary/aromatic N) is 2. The Kier molecular flexibility index (Phi) is 11.1. The van der Waals surface area contributed by atoms with Gasteiger partial charge in [-0.3, -0.25) is 4.79 Å². The van der Waals surface area contributed by atoms with Crippen LogP contribution in [0.4, 0.5) is 0 Å². The maximum Gasteiger partial charge on any atom is 0.155 e. The smallest absolute Gasteiger partial charge is 0.155 e. The van der Waals surface area contributed by atoms with Crippen LogP contribution in [0.3, 0.4) is 0 Å². The number of pyridine rings is 2. The summed E-state index contributed by atoms with van der Waals surface area (Å²) in [6, 6.07) is 30.6. The molecule has 193 valence electrons. The normalized spacial score (nSPS) is 10.5. The zero-order valence-electron chi connectivity index (χ0n) is 20.7. The molecular formula is C31H24IrN2O2S2-2. The van der Waals surface area contributed by atoms with E-state index in [-0.39, 0.29) is 31.6 Å². The van der Waals surface area contributed by atoms with Gasteiger partial charge in [0.25, 0.3) is 0 Å². The molecule has 4 aromatic heterocycles. The number of fused-ring (bicyclic) bond motifs is 2. The van der Waals surface area contributed by atoms with Crippen LogP contribution in [0.2, 0.25) is 0 Å². The quantitative estimate of drug-likeness (QED) is 0.114. The Labute approximate surface area is 243 Å². The van der Waals surface area contributed by atoms with Crippen molar-refractivity contribution in [1.82, 2.24) is 9.97 Å². The second kappa shape index (κ2) is 14.5. The van der Waals surface area contributed by atoms with Crippen LogP contribution >= 0.6 is 22.7 Å². The van der Waals surface area contributed by atoms with Crippen molar-refractivity contribution >= 4 is 48.6 Å². The molecule has 0 aliphatic carbocycles. The van der Waals surface area contributed by atoms with E-state index in [1.165, 1.54) is 40.1 Å². The zero-order valence-corrected chi connectivity index (χ0v) is 24.7. The van der Waals surface area contributed by atoms with E-state index in [9.17, 15) is 4.79 Å². The van der Waals surface area contributed by atoms with Crippen molar-refractivity contribution in [3.63, 3.8) is 0 Å². The Hall–Kier alpha value is -3.48. The summed E-state index contributed by atoms with van der Waals surface area (Å²) in [5.41, 5.74) is 4.16. The monoisotopic (exact) mass is 713 g/mol. The summed E-state index contributed by atoms with van der Waals surface area (Å²) < 4.78 is 2.55. The van der Waals surface area contributed by atoms with Gasteiger partial charge < -0.3 is 15.1 Å². The third kappa shape index (κ3) is 7.76. The fourth-order valence-electron chi connectivity index (χ4n) is 3.59. The zero-order chi connectivity index (χ0) is 26.0. The number of aromatic nitrogens is 2. The summed E-state index contributed by atoms with van der Waals surface area (Å²) in [6.07, 6.45) is 4.88. The number of thiophene rings is 2. The maximum absolute atomic E-state index is 10.0. The molecule has 1 radical (unpaired) electrons. The van der Waals surface area contributed by atoms with Crippen LogP contribution in [0.5, 0.6) is 0 Å². The molecule has 6 rings (SSSR count). The Morgan fingerprint density at radius 3 is 1.58 bits per heavy atom. The third-order valence-electron chi connectivity index (χ3n) is 5.10. The first-order chi connectivity index (χ1) is 18.0. The molecule has 0 bridgehead atoms. The number of hydrogen-bond donors (Lipinski definition) is 1. The second-order valence-corrected chi connectivity index (χ2v) is 9.83. The number of aliphatic hydroxyl groups is 1. The molecule has 0 fully saturated rings. The van der Waals surface area contributed by atoms with E-state index in [0.29, 0.717) is 0 Å². The first-order valence-corrected chi connectivity index (χ1v) is 13.3. The van der Waals surface area contributed by atoms with Crippen molar-refractivity contribution in [3.05, 3.63) is 120 Å². The average Bonchev–Trinajstić information content (AvgIpc) is 3.59. The number of hydrogen-bond acceptors (Lipinski definition) is 6. The standard InChI is InChI=1S/2C13H8NS.C5H8O2.Ir/c2*1-2-4-10(5-3-1)13-11-7-9-15-12(11)6-8-14-13;1-4(6)3-5(2)7;/h2*1-4,6-9H;3,6H,1-2H3;/q2*-1;;. The Morgan fingerprint density at radius 1 is 0.763 bits per heavy atom. The molecule has 0 saturated carbocycles. The van der Waals surface area contributed by atoms with Crippen LogP contribution in [0.15, 0.2) is 108 Å². The van der Waals surface area contributed by atoms with E-state index in [1.54, 1.807) is 22.7 Å². The summed E-state index contributed by atoms with van der Waals surface area (Å²) in [5, 5.41) is 15.0. The van der Waals surface area contributed by atoms with Crippen LogP contribution < -0.4 is 0 Å². The maximum atomic E-state index is 10.0. The minimum absolute atomic E-state index is 0. The van der Waals surface area contributed by atoms with Gasteiger partial charge in [-0.05, 0) is 58.9 Å². The Balaban J connectivity index is 0.000000167. The van der Waals surface area contributed by atoms with Gasteiger partial charge in [0.1, 0.15) is 0 Å². The molecule has 0 amide bonds. The minimum atomic E-state index is -0.125. The van der Waals surface area contributed by atoms with Gasteiger partial charge in [-0.15, -0.1) is 94.5 Å². The molecule has 4 nitrogen and oxygen atoms in total. The number of aliphatic hydroxyl groups excluding tert-OH is 1. The molecular weight excluding hydrogens is 689 g/mol. The first-order valence-electron chi connectivity index (χ1n) is 11.5. The summed E-state index contributed by atoms with van der Waals surface area (Å²) >= 11 is 3.48. The number of allylic oxidation sites excluding steroid dienone is 2. The fourth-order valence-corrected chi connectivity index (χ4v) is 5.16. The number of rotatable bonds is 3. The molecule has 0 atom stereocenters. The molecule has 7 heteroatoms. The summed E-state index contributed by atoms with van der Waals surface area (Å²) in [5.74, 6) is -0.0625. The summed E-state index contributed by atoms with van der Waals surface area (Å²) in [6.45, 7) is 2.85. The third-order valence-corrected chi connectivity index (χ3v) is 6.86. The fraction of sp³-hybridized carbons (Fsp3) is 0.0645. The van der Waals surface area contributed by atoms with Gasteiger partial charge in [-0.1, -0.05) is 12.1 Å². The molecule has 0 saturated heterocycles. The molecule has 6 aromatic rings. The van der Waals surface area contributed by atoms with Crippen LogP contribution in [0.1, 0.15) is 13.8 Å². The van der Waals surface area contributed by atoms with E-state index in [1.807, 2.05) is 73.1 Å². The van der Waals surface area contributed by atoms with Crippen LogP contribution in [0, 0.1) is 12.1 Å². The van der Waals surface area contributed by atoms with Crippen molar-refractivity contribution < 1.29 is 30.0 Å². The van der Waals surface area contributed by atoms with E-state index >= 15 is 0 Å². The van der Waals surface area contributed by atoms with Gasteiger partial charge in [-0.2, -0.15) is 0 Å². The predicted molar refractivity (Wildman–Crippen MR) is 155 cm³/mol. The van der Waals surface area contributed by atoms with Gasteiger partial charge in [0.15, 0.2) is 5.78 Å². The number of carbonyl (C=O) groups excluding carboxylic acids is 1. The number of ketones is 1. The summed E-state index contributed by atoms with van der Waals surface area (Å²) in [7, 11) is 0. The molecule has 0 spiro atoms. The first kappa shape index (κ1) is 29.1. The van der Waals surface area contributed by atoms with Crippen molar-refractivity contribution in [2.45, 2.75) is 13.8 Å². The van der Waals surface area contributed by atoms with Gasteiger partial charge in [0.2, 0.25) is 0 Å². The van der Waals surface area contributed by atoms with E-state index in [2.05, 4.69) is 45.0 Å². The molecule has 0 unspecified atom stereocenters. The summed E-state index contributed by atoms with van der Waals surface area (Å²) in [4.78, 5) is 18.9. The van der Waals surface area contributed by atoms with Crippen LogP contribution in [0.25, 0.3) is 42.7 Å². The van der Waals surface area contributed by atoms with E-state index < -0.39 is 0 Å². The van der Waals surface area contributed by atoms with Gasteiger partial charge >= 0.3 is 0 Å². The van der Waals surface area contributed by atoms with Crippen LogP contribution in [-0.2, 0) is 24.9 Å². The molecule has 38 heavy (non-hydrogen) atoms. The van der Waals surface area contributed by atoms with Crippen molar-refractivity contribution in [2.24, 2.45) is 0 Å². The number of carbonyl (C=O) groups is 1. The van der Waals surface area contributed by atoms with Crippen molar-refractivity contribution in [2.75, 3.05) is 0 Å². The average molecular weight is 713 g/mol. The Morgan fingerprint density at radius 2 is 1.24 bits per heavy atom. The Bertz CT molecular complexity index is 1510. The topological polar surface area (TPSA) is 63.1 Å². The predicted octanol–water partition coefficient (Wildman–Crippen LogP) is 8.56. The molecule has 0 aliphatic rings. The van der Waals surface area contributed by atoms with E-state index in [4.69, 9.17) is 5.11 Å². The van der Waals surface area contributed by atoms with Crippen molar-refractivity contribution in [3.8, 4) is 22.5 Å². The minimum Gasteiger partial charge on any atom is -0.512 e. The van der Waals surface area contributed by atoms with Gasteiger partial charge in [0.05, 0.1) is 5.76 Å². The molecule has 2 aromatic carbocycles. The van der Waals surface area contributed by atoms with Gasteiger partial charge in [-0.25, -0.2) is 0 Å². The number of benzene rings is 2. The largest absolute Gasteiger partial charge is 0.512 e. The molecule has 1 N–H and O–H groups in total. The van der Waals surface area contributed by atoms with Gasteiger partial charge in [0, 0.05) is 48.0 Å². The SMILES string of the molecule is CC(=O)C=C(C)O.[Ir].[c-]1ccccc1-c1nccc2sccc12.[c-]1ccccc1-c1nccc2sccc12. The van der Waals surface area contributed by atoms with E-state index in [0.717, 1.165) is 22.5 Å². The van der Waals surface area contributed by atoms with Crippen molar-refractivity contribution in [1.29, 1.82) is 0 Å².